The zero-order valence-electron chi connectivity index (χ0n) is 29.2. The molecule has 2 aliphatic heterocycles. The molecule has 2 aromatic heterocycles. The SMILES string of the molecule is C=Nc1ccc(C2(Cn3nccn3)OCC(COc3ccc(N4CCN(c5ccc(-n6cnn(C(C)CC)c6=O)cc5)CC4)cc3)O2)cc1SC. The average Bonchev–Trinajstić information content (AvgIpc) is 3.95. The first-order valence-electron chi connectivity index (χ1n) is 17.2. The second kappa shape index (κ2) is 15.1. The van der Waals surface area contributed by atoms with Crippen LogP contribution in [0.2, 0.25) is 0 Å². The lowest BCUT2D eigenvalue weighted by atomic mass is 10.1. The summed E-state index contributed by atoms with van der Waals surface area (Å²) in [5, 5.41) is 12.9. The van der Waals surface area contributed by atoms with Crippen molar-refractivity contribution in [3.8, 4) is 11.4 Å². The van der Waals surface area contributed by atoms with Gasteiger partial charge in [-0.3, -0.25) is 4.99 Å². The maximum atomic E-state index is 12.8. The van der Waals surface area contributed by atoms with Gasteiger partial charge in [-0.05, 0) is 87.0 Å². The van der Waals surface area contributed by atoms with Gasteiger partial charge in [-0.25, -0.2) is 14.0 Å². The molecule has 2 saturated heterocycles. The molecule has 51 heavy (non-hydrogen) atoms. The van der Waals surface area contributed by atoms with Crippen molar-refractivity contribution in [2.45, 2.75) is 49.6 Å². The van der Waals surface area contributed by atoms with Gasteiger partial charge < -0.3 is 24.0 Å². The molecule has 3 atom stereocenters. The maximum Gasteiger partial charge on any atom is 0.350 e. The molecule has 0 amide bonds. The second-order valence-corrected chi connectivity index (χ2v) is 13.5. The largest absolute Gasteiger partial charge is 0.491 e. The summed E-state index contributed by atoms with van der Waals surface area (Å²) in [6, 6.07) is 22.4. The van der Waals surface area contributed by atoms with Crippen LogP contribution in [0, 0.1) is 0 Å². The molecule has 0 aliphatic carbocycles. The summed E-state index contributed by atoms with van der Waals surface area (Å²) in [5.74, 6) is -0.297. The van der Waals surface area contributed by atoms with E-state index in [1.54, 1.807) is 44.5 Å². The van der Waals surface area contributed by atoms with E-state index in [0.29, 0.717) is 19.8 Å². The Morgan fingerprint density at radius 3 is 2.24 bits per heavy atom. The molecular formula is C37H43N9O4S. The highest BCUT2D eigenvalue weighted by atomic mass is 32.2. The van der Waals surface area contributed by atoms with Crippen molar-refractivity contribution in [1.82, 2.24) is 29.3 Å². The molecule has 0 radical (unpaired) electrons. The molecule has 0 saturated carbocycles. The van der Waals surface area contributed by atoms with Gasteiger partial charge in [0.25, 0.3) is 0 Å². The van der Waals surface area contributed by atoms with Gasteiger partial charge in [0.1, 0.15) is 31.3 Å². The number of piperazine rings is 1. The third-order valence-electron chi connectivity index (χ3n) is 9.58. The number of thioether (sulfide) groups is 1. The molecule has 0 spiro atoms. The van der Waals surface area contributed by atoms with E-state index in [1.165, 1.54) is 0 Å². The first-order valence-corrected chi connectivity index (χ1v) is 18.4. The molecular weight excluding hydrogens is 667 g/mol. The number of nitrogens with zero attached hydrogens (tertiary/aromatic N) is 9. The van der Waals surface area contributed by atoms with Crippen molar-refractivity contribution in [3.63, 3.8) is 0 Å². The minimum atomic E-state index is -1.07. The van der Waals surface area contributed by atoms with Crippen molar-refractivity contribution < 1.29 is 14.2 Å². The summed E-state index contributed by atoms with van der Waals surface area (Å²) in [4.78, 5) is 24.3. The van der Waals surface area contributed by atoms with Crippen LogP contribution in [0.25, 0.3) is 5.69 Å². The van der Waals surface area contributed by atoms with Gasteiger partial charge in [-0.15, -0.1) is 11.8 Å². The van der Waals surface area contributed by atoms with E-state index in [1.807, 2.05) is 55.6 Å². The van der Waals surface area contributed by atoms with Crippen LogP contribution in [0.3, 0.4) is 0 Å². The molecule has 4 heterocycles. The molecule has 0 bridgehead atoms. The van der Waals surface area contributed by atoms with Gasteiger partial charge in [-0.1, -0.05) is 13.0 Å². The molecule has 14 heteroatoms. The summed E-state index contributed by atoms with van der Waals surface area (Å²) >= 11 is 1.59. The van der Waals surface area contributed by atoms with Gasteiger partial charge in [0.2, 0.25) is 5.79 Å². The fourth-order valence-corrected chi connectivity index (χ4v) is 7.07. The Morgan fingerprint density at radius 1 is 0.961 bits per heavy atom. The van der Waals surface area contributed by atoms with Crippen molar-refractivity contribution in [3.05, 3.63) is 101 Å². The highest BCUT2D eigenvalue weighted by molar-refractivity contribution is 7.98. The van der Waals surface area contributed by atoms with Crippen LogP contribution in [0.1, 0.15) is 31.9 Å². The van der Waals surface area contributed by atoms with Crippen molar-refractivity contribution >= 4 is 35.5 Å². The quantitative estimate of drug-likeness (QED) is 0.117. The number of aliphatic imine (C=N–C) groups is 1. The minimum Gasteiger partial charge on any atom is -0.491 e. The topological polar surface area (TPSA) is 117 Å². The molecule has 3 unspecified atom stereocenters. The predicted octanol–water partition coefficient (Wildman–Crippen LogP) is 5.32. The van der Waals surface area contributed by atoms with Crippen LogP contribution < -0.4 is 20.2 Å². The summed E-state index contributed by atoms with van der Waals surface area (Å²) in [5.41, 5.74) is 4.68. The number of hydrogen-bond acceptors (Lipinski definition) is 11. The van der Waals surface area contributed by atoms with Gasteiger partial charge in [-0.2, -0.15) is 20.1 Å². The molecule has 2 fully saturated rings. The van der Waals surface area contributed by atoms with E-state index in [2.05, 4.69) is 68.0 Å². The Hall–Kier alpha value is -4.92. The smallest absolute Gasteiger partial charge is 0.350 e. The van der Waals surface area contributed by atoms with Gasteiger partial charge in [0.15, 0.2) is 0 Å². The van der Waals surface area contributed by atoms with Crippen molar-refractivity contribution in [1.29, 1.82) is 0 Å². The monoisotopic (exact) mass is 709 g/mol. The average molecular weight is 710 g/mol. The van der Waals surface area contributed by atoms with E-state index >= 15 is 0 Å². The maximum absolute atomic E-state index is 12.8. The number of anilines is 2. The lowest BCUT2D eigenvalue weighted by Gasteiger charge is -2.37. The Bertz CT molecular complexity index is 1970. The lowest BCUT2D eigenvalue weighted by molar-refractivity contribution is -0.192. The van der Waals surface area contributed by atoms with E-state index in [0.717, 1.165) is 71.6 Å². The Kier molecular flexibility index (Phi) is 10.2. The first-order chi connectivity index (χ1) is 24.9. The highest BCUT2D eigenvalue weighted by Gasteiger charge is 2.45. The third kappa shape index (κ3) is 7.30. The zero-order chi connectivity index (χ0) is 35.4. The first kappa shape index (κ1) is 34.5. The second-order valence-electron chi connectivity index (χ2n) is 12.7. The van der Waals surface area contributed by atoms with Gasteiger partial charge in [0, 0.05) is 48.0 Å². The fraction of sp³-hybridized carbons (Fsp3) is 0.378. The number of aromatic nitrogens is 6. The van der Waals surface area contributed by atoms with Crippen LogP contribution in [-0.2, 0) is 21.8 Å². The van der Waals surface area contributed by atoms with Gasteiger partial charge >= 0.3 is 5.69 Å². The fourth-order valence-electron chi connectivity index (χ4n) is 6.49. The Morgan fingerprint density at radius 2 is 1.61 bits per heavy atom. The number of rotatable bonds is 13. The summed E-state index contributed by atoms with van der Waals surface area (Å²) < 4.78 is 22.3. The van der Waals surface area contributed by atoms with Gasteiger partial charge in [0.05, 0.1) is 36.4 Å². The summed E-state index contributed by atoms with van der Waals surface area (Å²) in [6.07, 6.45) is 7.45. The van der Waals surface area contributed by atoms with E-state index in [-0.39, 0.29) is 17.8 Å². The van der Waals surface area contributed by atoms with Crippen molar-refractivity contribution in [2.24, 2.45) is 4.99 Å². The minimum absolute atomic E-state index is 0.0667. The Labute approximate surface area is 301 Å². The Balaban J connectivity index is 0.932. The van der Waals surface area contributed by atoms with E-state index in [9.17, 15) is 4.79 Å². The molecule has 7 rings (SSSR count). The van der Waals surface area contributed by atoms with E-state index < -0.39 is 5.79 Å². The molecule has 5 aromatic rings. The number of hydrogen-bond donors (Lipinski definition) is 0. The molecule has 3 aromatic carbocycles. The summed E-state index contributed by atoms with van der Waals surface area (Å²) in [6.45, 7) is 12.3. The standard InChI is InChI=1S/C37H43N9O4S/c1-5-27(2)46-36(47)44(26-41-46)31-9-7-29(8-10-31)42-18-20-43(21-19-42)30-11-13-32(14-12-30)48-23-33-24-49-37(50-33,25-45-39-16-17-40-45)28-6-15-34(38-3)35(22-28)51-4/h6-17,22,26-27,33H,3,5,18-21,23-25H2,1-2,4H3. The molecule has 13 nitrogen and oxygen atoms in total. The third-order valence-corrected chi connectivity index (χ3v) is 10.3. The van der Waals surface area contributed by atoms with Crippen LogP contribution in [0.15, 0.2) is 100 Å². The van der Waals surface area contributed by atoms with Crippen molar-refractivity contribution in [2.75, 3.05) is 55.4 Å². The predicted molar refractivity (Wildman–Crippen MR) is 199 cm³/mol. The molecule has 0 N–H and O–H groups in total. The lowest BCUT2D eigenvalue weighted by Crippen LogP contribution is -2.46. The number of ether oxygens (including phenoxy) is 3. The van der Waals surface area contributed by atoms with Crippen LogP contribution in [-0.4, -0.2) is 87.8 Å². The van der Waals surface area contributed by atoms with Crippen LogP contribution in [0.5, 0.6) is 5.75 Å². The molecule has 2 aliphatic rings. The van der Waals surface area contributed by atoms with E-state index in [4.69, 9.17) is 14.2 Å². The number of benzene rings is 3. The van der Waals surface area contributed by atoms with Crippen LogP contribution >= 0.6 is 11.8 Å². The molecule has 266 valence electrons. The normalized spacial score (nSPS) is 19.7. The zero-order valence-corrected chi connectivity index (χ0v) is 30.0. The highest BCUT2D eigenvalue weighted by Crippen LogP contribution is 2.40. The summed E-state index contributed by atoms with van der Waals surface area (Å²) in [7, 11) is 0. The van der Waals surface area contributed by atoms with Crippen LogP contribution in [0.4, 0.5) is 17.1 Å².